The maximum Gasteiger partial charge on any atom is 0.264 e. The van der Waals surface area contributed by atoms with Crippen molar-refractivity contribution < 1.29 is 13.2 Å². The van der Waals surface area contributed by atoms with E-state index in [4.69, 9.17) is 0 Å². The van der Waals surface area contributed by atoms with Crippen LogP contribution >= 0.6 is 0 Å². The van der Waals surface area contributed by atoms with E-state index in [1.807, 2.05) is 49.4 Å². The van der Waals surface area contributed by atoms with Crippen molar-refractivity contribution in [1.29, 1.82) is 5.26 Å². The van der Waals surface area contributed by atoms with Gasteiger partial charge in [0.2, 0.25) is 0 Å². The van der Waals surface area contributed by atoms with E-state index >= 15 is 0 Å². The molecule has 0 aliphatic rings. The fraction of sp³-hybridized carbons (Fsp3) is 0.143. The first-order valence-electron chi connectivity index (χ1n) is 10.8. The van der Waals surface area contributed by atoms with E-state index in [0.29, 0.717) is 17.7 Å². The highest BCUT2D eigenvalue weighted by Crippen LogP contribution is 2.26. The van der Waals surface area contributed by atoms with Gasteiger partial charge in [-0.2, -0.15) is 5.26 Å². The Kier molecular flexibility index (Phi) is 8.18. The first-order valence-corrected chi connectivity index (χ1v) is 12.3. The number of sulfonamides is 1. The molecule has 5 nitrogen and oxygen atoms in total. The monoisotopic (exact) mass is 470 g/mol. The standard InChI is InChI=1S/C28H26N2O3S/c1-22-16-18-26(19-17-22)34(32,33)30(25-13-7-4-8-14-25)20-10-9-15-27(28(21-29)23(2)31)24-11-5-3-6-12-24/h3-14,16-19H,15,20H2,1-2H3/b10-9+,28-27+. The van der Waals surface area contributed by atoms with E-state index in [2.05, 4.69) is 0 Å². The Morgan fingerprint density at radius 3 is 2.06 bits per heavy atom. The summed E-state index contributed by atoms with van der Waals surface area (Å²) in [4.78, 5) is 12.2. The molecular formula is C28H26N2O3S. The lowest BCUT2D eigenvalue weighted by molar-refractivity contribution is -0.113. The summed E-state index contributed by atoms with van der Waals surface area (Å²) in [5.41, 5.74) is 3.02. The Bertz CT molecular complexity index is 1340. The number of carbonyl (C=O) groups is 1. The van der Waals surface area contributed by atoms with Gasteiger partial charge in [-0.05, 0) is 55.7 Å². The van der Waals surface area contributed by atoms with Crippen LogP contribution in [0.2, 0.25) is 0 Å². The first kappa shape index (κ1) is 24.7. The summed E-state index contributed by atoms with van der Waals surface area (Å²) in [6.45, 7) is 3.38. The average Bonchev–Trinajstić information content (AvgIpc) is 2.84. The average molecular weight is 471 g/mol. The number of nitriles is 1. The molecular weight excluding hydrogens is 444 g/mol. The maximum atomic E-state index is 13.4. The molecule has 0 saturated carbocycles. The molecule has 0 amide bonds. The molecule has 0 aliphatic heterocycles. The maximum absolute atomic E-state index is 13.4. The summed E-state index contributed by atoms with van der Waals surface area (Å²) >= 11 is 0. The molecule has 0 atom stereocenters. The highest BCUT2D eigenvalue weighted by Gasteiger charge is 2.23. The van der Waals surface area contributed by atoms with Gasteiger partial charge < -0.3 is 0 Å². The van der Waals surface area contributed by atoms with E-state index in [9.17, 15) is 18.5 Å². The molecule has 0 heterocycles. The van der Waals surface area contributed by atoms with Crippen molar-refractivity contribution in [1.82, 2.24) is 0 Å². The minimum absolute atomic E-state index is 0.100. The Morgan fingerprint density at radius 2 is 1.50 bits per heavy atom. The predicted molar refractivity (Wildman–Crippen MR) is 136 cm³/mol. The van der Waals surface area contributed by atoms with Crippen molar-refractivity contribution in [3.05, 3.63) is 114 Å². The zero-order valence-corrected chi connectivity index (χ0v) is 20.0. The Morgan fingerprint density at radius 1 is 0.912 bits per heavy atom. The Balaban J connectivity index is 1.92. The second-order valence-corrected chi connectivity index (χ2v) is 9.61. The zero-order valence-electron chi connectivity index (χ0n) is 19.2. The van der Waals surface area contributed by atoms with Crippen LogP contribution in [0.5, 0.6) is 0 Å². The van der Waals surface area contributed by atoms with Gasteiger partial charge in [0.25, 0.3) is 10.0 Å². The minimum atomic E-state index is -3.79. The number of rotatable bonds is 9. The summed E-state index contributed by atoms with van der Waals surface area (Å²) in [5, 5.41) is 9.53. The van der Waals surface area contributed by atoms with E-state index < -0.39 is 10.0 Å². The van der Waals surface area contributed by atoms with Crippen molar-refractivity contribution in [3.8, 4) is 6.07 Å². The number of benzene rings is 3. The normalized spacial score (nSPS) is 12.1. The van der Waals surface area contributed by atoms with Gasteiger partial charge in [0.05, 0.1) is 22.7 Å². The van der Waals surface area contributed by atoms with Crippen LogP contribution in [0.4, 0.5) is 5.69 Å². The quantitative estimate of drug-likeness (QED) is 0.228. The Labute approximate surface area is 201 Å². The lowest BCUT2D eigenvalue weighted by Crippen LogP contribution is -2.31. The smallest absolute Gasteiger partial charge is 0.264 e. The number of anilines is 1. The lowest BCUT2D eigenvalue weighted by Gasteiger charge is -2.23. The topological polar surface area (TPSA) is 78.2 Å². The van der Waals surface area contributed by atoms with Crippen LogP contribution in [0, 0.1) is 18.3 Å². The number of aryl methyl sites for hydroxylation is 1. The molecule has 0 fully saturated rings. The number of allylic oxidation sites excluding steroid dienone is 3. The summed E-state index contributed by atoms with van der Waals surface area (Å²) < 4.78 is 28.2. The molecule has 0 spiro atoms. The molecule has 0 radical (unpaired) electrons. The van der Waals surface area contributed by atoms with Gasteiger partial charge in [0, 0.05) is 0 Å². The van der Waals surface area contributed by atoms with Crippen LogP contribution in [0.25, 0.3) is 5.57 Å². The molecule has 0 aliphatic carbocycles. The molecule has 3 aromatic rings. The fourth-order valence-corrected chi connectivity index (χ4v) is 4.92. The SMILES string of the molecule is CC(=O)/C(C#N)=C(\C/C=C/CN(c1ccccc1)S(=O)(=O)c1ccc(C)cc1)c1ccccc1. The van der Waals surface area contributed by atoms with Gasteiger partial charge in [-0.3, -0.25) is 9.10 Å². The third kappa shape index (κ3) is 5.89. The van der Waals surface area contributed by atoms with Crippen LogP contribution in [0.15, 0.2) is 108 Å². The zero-order chi connectivity index (χ0) is 24.6. The summed E-state index contributed by atoms with van der Waals surface area (Å²) in [6.07, 6.45) is 3.86. The van der Waals surface area contributed by atoms with Crippen molar-refractivity contribution >= 4 is 27.1 Å². The highest BCUT2D eigenvalue weighted by molar-refractivity contribution is 7.92. The van der Waals surface area contributed by atoms with Crippen molar-refractivity contribution in [2.24, 2.45) is 0 Å². The summed E-state index contributed by atoms with van der Waals surface area (Å²) in [5.74, 6) is -0.303. The molecule has 0 unspecified atom stereocenters. The third-order valence-corrected chi connectivity index (χ3v) is 7.11. The number of hydrogen-bond donors (Lipinski definition) is 0. The van der Waals surface area contributed by atoms with Gasteiger partial charge in [-0.1, -0.05) is 78.4 Å². The second kappa shape index (κ2) is 11.3. The van der Waals surface area contributed by atoms with E-state index in [-0.39, 0.29) is 22.8 Å². The molecule has 0 N–H and O–H groups in total. The molecule has 0 aromatic heterocycles. The Hall–Kier alpha value is -3.95. The van der Waals surface area contributed by atoms with Crippen LogP contribution in [0.1, 0.15) is 24.5 Å². The van der Waals surface area contributed by atoms with Crippen molar-refractivity contribution in [2.75, 3.05) is 10.8 Å². The lowest BCUT2D eigenvalue weighted by atomic mass is 9.95. The van der Waals surface area contributed by atoms with Crippen LogP contribution in [-0.4, -0.2) is 20.7 Å². The molecule has 172 valence electrons. The van der Waals surface area contributed by atoms with Gasteiger partial charge in [0.1, 0.15) is 6.07 Å². The number of para-hydroxylation sites is 1. The number of carbonyl (C=O) groups excluding carboxylic acids is 1. The van der Waals surface area contributed by atoms with Crippen LogP contribution < -0.4 is 4.31 Å². The second-order valence-electron chi connectivity index (χ2n) is 7.75. The van der Waals surface area contributed by atoms with Gasteiger partial charge in [-0.15, -0.1) is 0 Å². The number of nitrogens with zero attached hydrogens (tertiary/aromatic N) is 2. The summed E-state index contributed by atoms with van der Waals surface area (Å²) in [7, 11) is -3.79. The highest BCUT2D eigenvalue weighted by atomic mass is 32.2. The number of Topliss-reactive ketones (excluding diaryl/α,β-unsaturated/α-hetero) is 1. The van der Waals surface area contributed by atoms with Crippen LogP contribution in [0.3, 0.4) is 0 Å². The largest absolute Gasteiger partial charge is 0.294 e. The predicted octanol–water partition coefficient (Wildman–Crippen LogP) is 5.70. The van der Waals surface area contributed by atoms with Gasteiger partial charge >= 0.3 is 0 Å². The fourth-order valence-electron chi connectivity index (χ4n) is 3.51. The molecule has 34 heavy (non-hydrogen) atoms. The van der Waals surface area contributed by atoms with E-state index in [1.54, 1.807) is 60.7 Å². The van der Waals surface area contributed by atoms with Crippen molar-refractivity contribution in [3.63, 3.8) is 0 Å². The molecule has 0 saturated heterocycles. The third-order valence-electron chi connectivity index (χ3n) is 5.30. The summed E-state index contributed by atoms with van der Waals surface area (Å²) in [6, 6.07) is 26.9. The van der Waals surface area contributed by atoms with Gasteiger partial charge in [-0.25, -0.2) is 8.42 Å². The van der Waals surface area contributed by atoms with Crippen LogP contribution in [-0.2, 0) is 14.8 Å². The minimum Gasteiger partial charge on any atom is -0.294 e. The van der Waals surface area contributed by atoms with E-state index in [0.717, 1.165) is 11.1 Å². The molecule has 0 bridgehead atoms. The number of hydrogen-bond acceptors (Lipinski definition) is 4. The first-order chi connectivity index (χ1) is 16.3. The van der Waals surface area contributed by atoms with Crippen molar-refractivity contribution in [2.45, 2.75) is 25.2 Å². The number of ketones is 1. The molecule has 3 rings (SSSR count). The van der Waals surface area contributed by atoms with Gasteiger partial charge in [0.15, 0.2) is 5.78 Å². The molecule has 6 heteroatoms. The van der Waals surface area contributed by atoms with E-state index in [1.165, 1.54) is 11.2 Å². The molecule has 3 aromatic carbocycles.